The van der Waals surface area contributed by atoms with E-state index in [1.54, 1.807) is 11.9 Å². The molecule has 0 aliphatic heterocycles. The minimum Gasteiger partial charge on any atom is -0.478 e. The molecule has 0 saturated heterocycles. The number of anilines is 1. The molecule has 20 heavy (non-hydrogen) atoms. The van der Waals surface area contributed by atoms with Gasteiger partial charge >= 0.3 is 12.0 Å². The fourth-order valence-electron chi connectivity index (χ4n) is 2.13. The third-order valence-corrected chi connectivity index (χ3v) is 3.55. The zero-order valence-electron chi connectivity index (χ0n) is 11.2. The maximum atomic E-state index is 13.5. The number of benzene rings is 1. The molecule has 108 valence electrons. The Hall–Kier alpha value is -2.11. The fraction of sp³-hybridized carbons (Fsp3) is 0.429. The van der Waals surface area contributed by atoms with Gasteiger partial charge in [-0.25, -0.2) is 14.0 Å². The molecule has 0 aromatic heterocycles. The highest BCUT2D eigenvalue weighted by molar-refractivity contribution is 5.91. The zero-order valence-corrected chi connectivity index (χ0v) is 11.2. The minimum atomic E-state index is -1.33. The summed E-state index contributed by atoms with van der Waals surface area (Å²) in [6.45, 7) is 0.682. The lowest BCUT2D eigenvalue weighted by atomic mass is 9.85. The predicted molar refractivity (Wildman–Crippen MR) is 72.3 cm³/mol. The zero-order chi connectivity index (χ0) is 14.7. The molecule has 0 spiro atoms. The number of hydrogen-bond donors (Lipinski definition) is 2. The Morgan fingerprint density at radius 2 is 2.15 bits per heavy atom. The van der Waals surface area contributed by atoms with Crippen molar-refractivity contribution in [1.82, 2.24) is 4.90 Å². The van der Waals surface area contributed by atoms with Gasteiger partial charge in [-0.15, -0.1) is 0 Å². The molecular formula is C14H17FN2O3. The quantitative estimate of drug-likeness (QED) is 0.891. The van der Waals surface area contributed by atoms with E-state index in [4.69, 9.17) is 5.11 Å². The first-order valence-electron chi connectivity index (χ1n) is 6.52. The van der Waals surface area contributed by atoms with E-state index in [1.165, 1.54) is 12.5 Å². The number of nitrogens with zero attached hydrogens (tertiary/aromatic N) is 1. The summed E-state index contributed by atoms with van der Waals surface area (Å²) in [6, 6.07) is 3.21. The Labute approximate surface area is 116 Å². The van der Waals surface area contributed by atoms with Crippen molar-refractivity contribution in [2.45, 2.75) is 19.3 Å². The van der Waals surface area contributed by atoms with Crippen molar-refractivity contribution in [3.63, 3.8) is 0 Å². The highest BCUT2D eigenvalue weighted by Gasteiger charge is 2.21. The van der Waals surface area contributed by atoms with Gasteiger partial charge < -0.3 is 15.3 Å². The number of carbonyl (C=O) groups excluding carboxylic acids is 1. The fourth-order valence-corrected chi connectivity index (χ4v) is 2.13. The Morgan fingerprint density at radius 3 is 2.65 bits per heavy atom. The van der Waals surface area contributed by atoms with E-state index in [0.717, 1.165) is 25.0 Å². The number of nitrogens with one attached hydrogen (secondary N) is 1. The first kappa shape index (κ1) is 14.3. The summed E-state index contributed by atoms with van der Waals surface area (Å²) >= 11 is 0. The normalized spacial score (nSPS) is 14.5. The van der Waals surface area contributed by atoms with E-state index >= 15 is 0 Å². The lowest BCUT2D eigenvalue weighted by Gasteiger charge is -2.30. The van der Waals surface area contributed by atoms with Gasteiger partial charge in [-0.2, -0.15) is 0 Å². The first-order chi connectivity index (χ1) is 9.47. The molecule has 0 radical (unpaired) electrons. The molecule has 2 rings (SSSR count). The second-order valence-corrected chi connectivity index (χ2v) is 5.11. The van der Waals surface area contributed by atoms with Crippen LogP contribution in [0.2, 0.25) is 0 Å². The average Bonchev–Trinajstić information content (AvgIpc) is 2.33. The molecule has 1 aromatic rings. The van der Waals surface area contributed by atoms with Crippen LogP contribution in [0.1, 0.15) is 29.6 Å². The van der Waals surface area contributed by atoms with Gasteiger partial charge in [-0.05, 0) is 37.0 Å². The van der Waals surface area contributed by atoms with Crippen molar-refractivity contribution in [1.29, 1.82) is 0 Å². The van der Waals surface area contributed by atoms with Crippen LogP contribution in [0.4, 0.5) is 14.9 Å². The Kier molecular flexibility index (Phi) is 4.22. The summed E-state index contributed by atoms with van der Waals surface area (Å²) < 4.78 is 13.5. The third-order valence-electron chi connectivity index (χ3n) is 3.55. The molecule has 5 nitrogen and oxygen atoms in total. The highest BCUT2D eigenvalue weighted by Crippen LogP contribution is 2.26. The summed E-state index contributed by atoms with van der Waals surface area (Å²) in [5, 5.41) is 11.3. The molecule has 0 heterocycles. The first-order valence-corrected chi connectivity index (χ1v) is 6.52. The molecule has 1 aliphatic carbocycles. The van der Waals surface area contributed by atoms with Crippen LogP contribution in [-0.2, 0) is 0 Å². The highest BCUT2D eigenvalue weighted by atomic mass is 19.1. The number of carboxylic acids is 1. The Bertz CT molecular complexity index is 529. The van der Waals surface area contributed by atoms with Crippen LogP contribution in [0.25, 0.3) is 0 Å². The van der Waals surface area contributed by atoms with Crippen molar-refractivity contribution in [3.8, 4) is 0 Å². The molecule has 1 saturated carbocycles. The van der Waals surface area contributed by atoms with Gasteiger partial charge in [0.15, 0.2) is 0 Å². The van der Waals surface area contributed by atoms with Gasteiger partial charge in [-0.1, -0.05) is 6.42 Å². The smallest absolute Gasteiger partial charge is 0.338 e. The standard InChI is InChI=1S/C14H17FN2O3/c1-17(8-9-3-2-4-9)14(20)16-10-5-6-11(13(18)19)12(15)7-10/h5-7,9H,2-4,8H2,1H3,(H,16,20)(H,18,19). The Morgan fingerprint density at radius 1 is 1.45 bits per heavy atom. The van der Waals surface area contributed by atoms with E-state index in [0.29, 0.717) is 12.5 Å². The SMILES string of the molecule is CN(CC1CCC1)C(=O)Nc1ccc(C(=O)O)c(F)c1. The maximum absolute atomic E-state index is 13.5. The molecule has 1 fully saturated rings. The van der Waals surface area contributed by atoms with Crippen molar-refractivity contribution in [3.05, 3.63) is 29.6 Å². The summed E-state index contributed by atoms with van der Waals surface area (Å²) in [7, 11) is 1.69. The molecule has 0 atom stereocenters. The predicted octanol–water partition coefficient (Wildman–Crippen LogP) is 2.79. The van der Waals surface area contributed by atoms with Crippen LogP contribution in [0.3, 0.4) is 0 Å². The molecule has 1 aromatic carbocycles. The van der Waals surface area contributed by atoms with Crippen molar-refractivity contribution in [2.24, 2.45) is 5.92 Å². The van der Waals surface area contributed by atoms with Crippen molar-refractivity contribution >= 4 is 17.7 Å². The summed E-state index contributed by atoms with van der Waals surface area (Å²) in [5.74, 6) is -1.64. The number of aromatic carboxylic acids is 1. The molecule has 2 amide bonds. The van der Waals surface area contributed by atoms with Crippen molar-refractivity contribution in [2.75, 3.05) is 18.9 Å². The number of urea groups is 1. The van der Waals surface area contributed by atoms with E-state index in [1.807, 2.05) is 0 Å². The number of amides is 2. The second-order valence-electron chi connectivity index (χ2n) is 5.11. The van der Waals surface area contributed by atoms with E-state index in [9.17, 15) is 14.0 Å². The largest absolute Gasteiger partial charge is 0.478 e. The van der Waals surface area contributed by atoms with Crippen LogP contribution in [0, 0.1) is 11.7 Å². The molecule has 2 N–H and O–H groups in total. The Balaban J connectivity index is 1.96. The van der Waals surface area contributed by atoms with Gasteiger partial charge in [0.05, 0.1) is 5.56 Å². The lowest BCUT2D eigenvalue weighted by molar-refractivity contribution is 0.0692. The van der Waals surface area contributed by atoms with Crippen LogP contribution in [0.5, 0.6) is 0 Å². The number of halogens is 1. The molecule has 0 unspecified atom stereocenters. The number of rotatable bonds is 4. The van der Waals surface area contributed by atoms with Gasteiger partial charge in [0.25, 0.3) is 0 Å². The van der Waals surface area contributed by atoms with Crippen LogP contribution in [0.15, 0.2) is 18.2 Å². The summed E-state index contributed by atoms with van der Waals surface area (Å²) in [5.41, 5.74) is -0.163. The number of carbonyl (C=O) groups is 2. The lowest BCUT2D eigenvalue weighted by Crippen LogP contribution is -2.37. The monoisotopic (exact) mass is 280 g/mol. The summed E-state index contributed by atoms with van der Waals surface area (Å²) in [6.07, 6.45) is 3.49. The van der Waals surface area contributed by atoms with Crippen LogP contribution >= 0.6 is 0 Å². The topological polar surface area (TPSA) is 69.6 Å². The number of hydrogen-bond acceptors (Lipinski definition) is 2. The minimum absolute atomic E-state index is 0.248. The van der Waals surface area contributed by atoms with Crippen LogP contribution < -0.4 is 5.32 Å². The number of carboxylic acid groups (broad SMARTS) is 1. The molecule has 6 heteroatoms. The van der Waals surface area contributed by atoms with Gasteiger partial charge in [0.1, 0.15) is 5.82 Å². The molecular weight excluding hydrogens is 263 g/mol. The van der Waals surface area contributed by atoms with E-state index in [-0.39, 0.29) is 11.7 Å². The second kappa shape index (κ2) is 5.90. The average molecular weight is 280 g/mol. The van der Waals surface area contributed by atoms with Gasteiger partial charge in [0, 0.05) is 19.3 Å². The van der Waals surface area contributed by atoms with Gasteiger partial charge in [0.2, 0.25) is 0 Å². The molecule has 0 bridgehead atoms. The third kappa shape index (κ3) is 3.26. The van der Waals surface area contributed by atoms with Gasteiger partial charge in [-0.3, -0.25) is 0 Å². The van der Waals surface area contributed by atoms with Crippen LogP contribution in [-0.4, -0.2) is 35.6 Å². The van der Waals surface area contributed by atoms with Crippen molar-refractivity contribution < 1.29 is 19.1 Å². The maximum Gasteiger partial charge on any atom is 0.338 e. The summed E-state index contributed by atoms with van der Waals surface area (Å²) in [4.78, 5) is 24.1. The molecule has 1 aliphatic rings. The van der Waals surface area contributed by atoms with E-state index < -0.39 is 17.3 Å². The van der Waals surface area contributed by atoms with E-state index in [2.05, 4.69) is 5.32 Å².